The van der Waals surface area contributed by atoms with Gasteiger partial charge in [0.15, 0.2) is 5.69 Å². The summed E-state index contributed by atoms with van der Waals surface area (Å²) in [6, 6.07) is 11.8. The monoisotopic (exact) mass is 546 g/mol. The Morgan fingerprint density at radius 2 is 1.95 bits per heavy atom. The number of non-ortho nitro benzene ring substituents is 1. The zero-order chi connectivity index (χ0) is 28.6. The number of nitro benzene ring substituents is 1. The number of H-pyrrole nitrogens is 3. The van der Waals surface area contributed by atoms with Crippen molar-refractivity contribution in [2.45, 2.75) is 64.8 Å². The predicted octanol–water partition coefficient (Wildman–Crippen LogP) is 5.53. The average Bonchev–Trinajstić information content (AvgIpc) is 3.56. The van der Waals surface area contributed by atoms with E-state index in [-0.39, 0.29) is 29.8 Å². The van der Waals surface area contributed by atoms with Gasteiger partial charge in [-0.05, 0) is 43.5 Å². The second-order valence-corrected chi connectivity index (χ2v) is 9.98. The highest BCUT2D eigenvalue weighted by Crippen LogP contribution is 2.28. The highest BCUT2D eigenvalue weighted by molar-refractivity contribution is 5.91. The largest absolute Gasteiger partial charge is 0.497 e. The molecule has 2 heterocycles. The Morgan fingerprint density at radius 3 is 2.70 bits per heavy atom. The first-order valence-electron chi connectivity index (χ1n) is 13.6. The molecule has 0 saturated heterocycles. The number of unbranched alkanes of at least 4 members (excludes halogenated alkanes) is 2. The maximum Gasteiger partial charge on any atom is 0.275 e. The molecule has 10 heteroatoms. The van der Waals surface area contributed by atoms with E-state index in [1.54, 1.807) is 25.4 Å². The average molecular weight is 547 g/mol. The van der Waals surface area contributed by atoms with Crippen LogP contribution in [-0.4, -0.2) is 33.7 Å². The van der Waals surface area contributed by atoms with Crippen LogP contribution in [0.3, 0.4) is 0 Å². The van der Waals surface area contributed by atoms with Crippen LogP contribution < -0.4 is 15.0 Å². The number of ketones is 1. The zero-order valence-corrected chi connectivity index (χ0v) is 23.1. The molecule has 1 amide bonds. The lowest BCUT2D eigenvalue weighted by Crippen LogP contribution is -2.33. The SMILES string of the molecule is CCC(=O)CCCCC[C@H](NC(=O)Cc1c(C)[nH]c2ccc(OC)cc12)c1[nH]c(-c2cccc([N+](=O)[O-])c2)c[nH+]1. The van der Waals surface area contributed by atoms with Crippen LogP contribution in [0.25, 0.3) is 22.2 Å². The lowest BCUT2D eigenvalue weighted by atomic mass is 10.0. The Bertz CT molecular complexity index is 1510. The molecule has 0 aliphatic heterocycles. The molecule has 0 fully saturated rings. The molecule has 0 bridgehead atoms. The molecule has 0 radical (unpaired) electrons. The number of aromatic nitrogens is 3. The quantitative estimate of drug-likeness (QED) is 0.108. The molecule has 0 aliphatic rings. The van der Waals surface area contributed by atoms with Crippen molar-refractivity contribution < 1.29 is 24.2 Å². The van der Waals surface area contributed by atoms with Gasteiger partial charge in [-0.2, -0.15) is 0 Å². The molecule has 10 nitrogen and oxygen atoms in total. The standard InChI is InChI=1S/C30H35N5O5/c1-4-22(36)11-6-5-7-12-27(30-31-18-28(34-30)20-9-8-10-21(15-20)35(38)39)33-29(37)17-24-19(2)32-26-14-13-23(40-3)16-25(24)26/h8-10,13-16,18,27,32H,4-7,11-12,17H2,1-3H3,(H,31,34)(H,33,37)/p+1/t27-/m0/s1. The van der Waals surface area contributed by atoms with Gasteiger partial charge in [-0.3, -0.25) is 19.7 Å². The maximum atomic E-state index is 13.4. The normalized spacial score (nSPS) is 11.9. The Balaban J connectivity index is 1.52. The Kier molecular flexibility index (Phi) is 9.31. The molecule has 0 unspecified atom stereocenters. The third kappa shape index (κ3) is 6.93. The summed E-state index contributed by atoms with van der Waals surface area (Å²) < 4.78 is 5.38. The van der Waals surface area contributed by atoms with Crippen molar-refractivity contribution in [3.05, 3.63) is 75.9 Å². The summed E-state index contributed by atoms with van der Waals surface area (Å²) in [4.78, 5) is 45.7. The smallest absolute Gasteiger partial charge is 0.275 e. The van der Waals surface area contributed by atoms with Gasteiger partial charge in [0.2, 0.25) is 5.91 Å². The number of fused-ring (bicyclic) bond motifs is 1. The Morgan fingerprint density at radius 1 is 1.12 bits per heavy atom. The van der Waals surface area contributed by atoms with Crippen molar-refractivity contribution in [1.82, 2.24) is 15.3 Å². The van der Waals surface area contributed by atoms with Gasteiger partial charge in [-0.15, -0.1) is 0 Å². The van der Waals surface area contributed by atoms with Gasteiger partial charge in [0.1, 0.15) is 23.8 Å². The first-order chi connectivity index (χ1) is 19.3. The number of hydrogen-bond acceptors (Lipinski definition) is 5. The number of hydrogen-bond donors (Lipinski definition) is 3. The molecular formula is C30H36N5O5+. The highest BCUT2D eigenvalue weighted by Gasteiger charge is 2.25. The number of Topliss-reactive ketones (excluding diaryl/α,β-unsaturated/α-hetero) is 1. The summed E-state index contributed by atoms with van der Waals surface area (Å²) in [6.45, 7) is 3.83. The third-order valence-corrected chi connectivity index (χ3v) is 7.20. The number of carbonyl (C=O) groups is 2. The number of benzene rings is 2. The lowest BCUT2D eigenvalue weighted by Gasteiger charge is -2.14. The predicted molar refractivity (Wildman–Crippen MR) is 152 cm³/mol. The number of aryl methyl sites for hydroxylation is 1. The zero-order valence-electron chi connectivity index (χ0n) is 23.1. The van der Waals surface area contributed by atoms with E-state index < -0.39 is 4.92 Å². The van der Waals surface area contributed by atoms with Gasteiger partial charge in [0, 0.05) is 47.1 Å². The fraction of sp³-hybridized carbons (Fsp3) is 0.367. The van der Waals surface area contributed by atoms with E-state index in [9.17, 15) is 19.7 Å². The number of amides is 1. The van der Waals surface area contributed by atoms with Crippen molar-refractivity contribution in [3.63, 3.8) is 0 Å². The van der Waals surface area contributed by atoms with Crippen molar-refractivity contribution in [2.24, 2.45) is 0 Å². The van der Waals surface area contributed by atoms with Crippen LogP contribution in [0.1, 0.15) is 68.6 Å². The molecule has 2 aromatic carbocycles. The molecule has 40 heavy (non-hydrogen) atoms. The number of nitrogens with zero attached hydrogens (tertiary/aromatic N) is 1. The fourth-order valence-electron chi connectivity index (χ4n) is 4.93. The number of nitrogens with one attached hydrogen (secondary N) is 4. The molecule has 4 rings (SSSR count). The molecule has 4 aromatic rings. The molecule has 0 saturated carbocycles. The summed E-state index contributed by atoms with van der Waals surface area (Å²) in [5.74, 6) is 1.56. The van der Waals surface area contributed by atoms with Gasteiger partial charge < -0.3 is 15.0 Å². The van der Waals surface area contributed by atoms with E-state index in [2.05, 4.69) is 20.3 Å². The third-order valence-electron chi connectivity index (χ3n) is 7.20. The van der Waals surface area contributed by atoms with E-state index in [4.69, 9.17) is 4.74 Å². The van der Waals surface area contributed by atoms with Crippen molar-refractivity contribution >= 4 is 28.3 Å². The fourth-order valence-corrected chi connectivity index (χ4v) is 4.93. The molecule has 4 N–H and O–H groups in total. The minimum atomic E-state index is -0.425. The minimum absolute atomic E-state index is 0.00542. The lowest BCUT2D eigenvalue weighted by molar-refractivity contribution is -0.391. The summed E-state index contributed by atoms with van der Waals surface area (Å²) in [5.41, 5.74) is 4.14. The molecule has 1 atom stereocenters. The topological polar surface area (TPSA) is 144 Å². The van der Waals surface area contributed by atoms with Crippen LogP contribution in [0.15, 0.2) is 48.7 Å². The summed E-state index contributed by atoms with van der Waals surface area (Å²) in [5, 5.41) is 15.4. The van der Waals surface area contributed by atoms with E-state index in [1.807, 2.05) is 32.0 Å². The highest BCUT2D eigenvalue weighted by atomic mass is 16.6. The van der Waals surface area contributed by atoms with Gasteiger partial charge in [0.25, 0.3) is 11.5 Å². The number of nitro groups is 1. The number of imidazole rings is 1. The molecule has 0 aliphatic carbocycles. The van der Waals surface area contributed by atoms with Crippen molar-refractivity contribution in [3.8, 4) is 17.0 Å². The number of rotatable bonds is 14. The number of aromatic amines is 3. The minimum Gasteiger partial charge on any atom is -0.497 e. The maximum absolute atomic E-state index is 13.4. The molecule has 0 spiro atoms. The van der Waals surface area contributed by atoms with Crippen LogP contribution in [0.2, 0.25) is 0 Å². The Hall–Kier alpha value is -4.47. The second-order valence-electron chi connectivity index (χ2n) is 9.98. The molecular weight excluding hydrogens is 510 g/mol. The van der Waals surface area contributed by atoms with Crippen LogP contribution in [-0.2, 0) is 16.0 Å². The molecule has 2 aromatic heterocycles. The van der Waals surface area contributed by atoms with Crippen molar-refractivity contribution in [1.29, 1.82) is 0 Å². The van der Waals surface area contributed by atoms with E-state index >= 15 is 0 Å². The van der Waals surface area contributed by atoms with Crippen LogP contribution in [0, 0.1) is 17.0 Å². The molecule has 210 valence electrons. The van der Waals surface area contributed by atoms with Gasteiger partial charge in [-0.25, -0.2) is 9.97 Å². The first kappa shape index (κ1) is 28.5. The van der Waals surface area contributed by atoms with E-state index in [0.717, 1.165) is 47.2 Å². The summed E-state index contributed by atoms with van der Waals surface area (Å²) >= 11 is 0. The number of ether oxygens (including phenoxy) is 1. The van der Waals surface area contributed by atoms with Gasteiger partial charge in [0.05, 0.1) is 18.5 Å². The summed E-state index contributed by atoms with van der Waals surface area (Å²) in [7, 11) is 1.62. The first-order valence-corrected chi connectivity index (χ1v) is 13.6. The van der Waals surface area contributed by atoms with E-state index in [0.29, 0.717) is 36.3 Å². The van der Waals surface area contributed by atoms with Gasteiger partial charge in [-0.1, -0.05) is 31.9 Å². The van der Waals surface area contributed by atoms with Crippen LogP contribution in [0.5, 0.6) is 5.75 Å². The van der Waals surface area contributed by atoms with Crippen LogP contribution >= 0.6 is 0 Å². The number of methoxy groups -OCH3 is 1. The Labute approximate surface area is 232 Å². The second kappa shape index (κ2) is 13.1. The van der Waals surface area contributed by atoms with Gasteiger partial charge >= 0.3 is 0 Å². The number of carbonyl (C=O) groups excluding carboxylic acids is 2. The van der Waals surface area contributed by atoms with Crippen LogP contribution in [0.4, 0.5) is 5.69 Å². The summed E-state index contributed by atoms with van der Waals surface area (Å²) in [6.07, 6.45) is 6.25. The van der Waals surface area contributed by atoms with E-state index in [1.165, 1.54) is 12.1 Å². The van der Waals surface area contributed by atoms with Crippen molar-refractivity contribution in [2.75, 3.05) is 7.11 Å².